The minimum Gasteiger partial charge on any atom is -0.371 e. The molecule has 0 bridgehead atoms. The lowest BCUT2D eigenvalue weighted by molar-refractivity contribution is -0.144. The Morgan fingerprint density at radius 3 is 2.02 bits per heavy atom. The van der Waals surface area contributed by atoms with E-state index in [4.69, 9.17) is 0 Å². The van der Waals surface area contributed by atoms with Gasteiger partial charge >= 0.3 is 18.5 Å². The van der Waals surface area contributed by atoms with Gasteiger partial charge < -0.3 is 4.90 Å². The smallest absolute Gasteiger partial charge is 0.371 e. The van der Waals surface area contributed by atoms with Gasteiger partial charge in [0.2, 0.25) is 6.34 Å². The van der Waals surface area contributed by atoms with Crippen LogP contribution in [0.5, 0.6) is 0 Å². The molecular formula is C29H31F9N5. The van der Waals surface area contributed by atoms with Gasteiger partial charge in [-0.3, -0.25) is 5.01 Å². The number of rotatable bonds is 5. The average molecular weight is 621 g/mol. The van der Waals surface area contributed by atoms with Crippen LogP contribution in [0.4, 0.5) is 45.2 Å². The zero-order valence-electron chi connectivity index (χ0n) is 23.5. The molecule has 2 heterocycles. The Morgan fingerprint density at radius 1 is 0.814 bits per heavy atom. The van der Waals surface area contributed by atoms with Gasteiger partial charge in [-0.05, 0) is 79.5 Å². The standard InChI is InChI=1S/C29H31F9N5/c1-18-10-23-25(8-5-9-41(15-19-6-3-4-7-19)26(23)14-24(18)29(36,37)38)42-17-39-43(40(42)2)16-20-11-21(27(30,31)32)13-22(12-20)28(33,34)35/h10-14,19,25H,3-9,15-16H2,1-2H3/t25-/m0/s1. The molecule has 0 unspecified atom stereocenters. The largest absolute Gasteiger partial charge is 0.416 e. The number of hydrazine groups is 2. The van der Waals surface area contributed by atoms with Crippen molar-refractivity contribution in [1.29, 1.82) is 0 Å². The maximum Gasteiger partial charge on any atom is 0.416 e. The van der Waals surface area contributed by atoms with E-state index in [2.05, 4.69) is 11.4 Å². The number of hydrogen-bond acceptors (Lipinski definition) is 5. The first-order valence-electron chi connectivity index (χ1n) is 14.0. The molecule has 3 aliphatic rings. The number of hydrazone groups is 1. The molecule has 0 N–H and O–H groups in total. The SMILES string of the molecule is Cc1cc2c(cc1C(F)(F)F)N(CC1CCCC1)CCC[C@@H]2N1[C]=NN(Cc2cc(C(F)(F)F)cc(C(F)(F)F)c2)N1C. The van der Waals surface area contributed by atoms with Crippen molar-refractivity contribution >= 4 is 12.0 Å². The van der Waals surface area contributed by atoms with Crippen molar-refractivity contribution in [3.05, 3.63) is 63.7 Å². The van der Waals surface area contributed by atoms with Gasteiger partial charge in [-0.15, -0.1) is 10.2 Å². The number of nitrogens with zero attached hydrogens (tertiary/aromatic N) is 5. The third-order valence-corrected chi connectivity index (χ3v) is 8.41. The van der Waals surface area contributed by atoms with Crippen LogP contribution >= 0.6 is 0 Å². The highest BCUT2D eigenvalue weighted by atomic mass is 19.4. The molecule has 1 fully saturated rings. The maximum atomic E-state index is 14.0. The molecule has 1 aliphatic carbocycles. The minimum atomic E-state index is -4.99. The topological polar surface area (TPSA) is 25.3 Å². The first-order chi connectivity index (χ1) is 20.0. The molecule has 235 valence electrons. The van der Waals surface area contributed by atoms with E-state index in [9.17, 15) is 39.5 Å². The highest BCUT2D eigenvalue weighted by molar-refractivity contribution is 5.63. The van der Waals surface area contributed by atoms with Crippen molar-refractivity contribution in [2.75, 3.05) is 25.0 Å². The van der Waals surface area contributed by atoms with E-state index < -0.39 is 47.8 Å². The van der Waals surface area contributed by atoms with E-state index in [1.54, 1.807) is 5.01 Å². The molecule has 1 radical (unpaired) electrons. The van der Waals surface area contributed by atoms with Gasteiger partial charge in [-0.1, -0.05) is 18.9 Å². The van der Waals surface area contributed by atoms with Crippen LogP contribution in [0.25, 0.3) is 0 Å². The van der Waals surface area contributed by atoms with E-state index in [-0.39, 0.29) is 17.2 Å². The molecule has 0 spiro atoms. The summed E-state index contributed by atoms with van der Waals surface area (Å²) in [6.45, 7) is 2.16. The van der Waals surface area contributed by atoms with Crippen LogP contribution in [0, 0.1) is 12.8 Å². The van der Waals surface area contributed by atoms with Crippen molar-refractivity contribution < 1.29 is 39.5 Å². The van der Waals surface area contributed by atoms with Crippen molar-refractivity contribution in [1.82, 2.24) is 15.2 Å². The molecule has 2 aliphatic heterocycles. The van der Waals surface area contributed by atoms with Crippen molar-refractivity contribution in [3.63, 3.8) is 0 Å². The van der Waals surface area contributed by atoms with Gasteiger partial charge in [0, 0.05) is 25.8 Å². The van der Waals surface area contributed by atoms with E-state index in [1.165, 1.54) is 36.3 Å². The average Bonchev–Trinajstić information content (AvgIpc) is 3.50. The lowest BCUT2D eigenvalue weighted by atomic mass is 9.95. The lowest BCUT2D eigenvalue weighted by Crippen LogP contribution is -2.44. The Balaban J connectivity index is 1.45. The summed E-state index contributed by atoms with van der Waals surface area (Å²) < 4.78 is 122. The normalized spacial score (nSPS) is 20.7. The molecule has 0 amide bonds. The Bertz CT molecular complexity index is 1310. The van der Waals surface area contributed by atoms with Gasteiger partial charge in [-0.25, -0.2) is 5.12 Å². The number of halogens is 9. The Morgan fingerprint density at radius 2 is 1.44 bits per heavy atom. The fraction of sp³-hybridized carbons (Fsp3) is 0.552. The molecule has 1 atom stereocenters. The van der Waals surface area contributed by atoms with Crippen molar-refractivity contribution in [2.45, 2.75) is 76.6 Å². The number of alkyl halides is 9. The zero-order valence-corrected chi connectivity index (χ0v) is 23.5. The molecule has 5 rings (SSSR count). The molecule has 43 heavy (non-hydrogen) atoms. The molecule has 14 heteroatoms. The van der Waals surface area contributed by atoms with Crippen LogP contribution in [0.2, 0.25) is 0 Å². The first kappa shape index (κ1) is 31.3. The van der Waals surface area contributed by atoms with E-state index in [0.29, 0.717) is 55.2 Å². The van der Waals surface area contributed by atoms with Crippen LogP contribution in [-0.2, 0) is 25.1 Å². The molecule has 0 saturated heterocycles. The predicted octanol–water partition coefficient (Wildman–Crippen LogP) is 8.28. The quantitative estimate of drug-likeness (QED) is 0.314. The molecule has 0 aromatic heterocycles. The van der Waals surface area contributed by atoms with E-state index in [0.717, 1.165) is 25.7 Å². The number of benzene rings is 2. The number of aryl methyl sites for hydroxylation is 1. The molecule has 2 aromatic rings. The second kappa shape index (κ2) is 11.4. The summed E-state index contributed by atoms with van der Waals surface area (Å²) in [5.74, 6) is 0.382. The first-order valence-corrected chi connectivity index (χ1v) is 14.0. The second-order valence-electron chi connectivity index (χ2n) is 11.5. The van der Waals surface area contributed by atoms with Crippen LogP contribution in [-0.4, -0.2) is 41.7 Å². The summed E-state index contributed by atoms with van der Waals surface area (Å²) in [7, 11) is 1.53. The fourth-order valence-electron chi connectivity index (χ4n) is 6.29. The molecular weight excluding hydrogens is 589 g/mol. The number of fused-ring (bicyclic) bond motifs is 1. The monoisotopic (exact) mass is 620 g/mol. The van der Waals surface area contributed by atoms with Gasteiger partial charge in [0.25, 0.3) is 0 Å². The summed E-state index contributed by atoms with van der Waals surface area (Å²) in [4.78, 5) is 2.02. The van der Waals surface area contributed by atoms with Crippen LogP contribution in [0.3, 0.4) is 0 Å². The van der Waals surface area contributed by atoms with Crippen LogP contribution < -0.4 is 4.90 Å². The van der Waals surface area contributed by atoms with Gasteiger partial charge in [0.15, 0.2) is 0 Å². The summed E-state index contributed by atoms with van der Waals surface area (Å²) in [5.41, 5.74) is -2.69. The minimum absolute atomic E-state index is 0.0539. The molecule has 2 aromatic carbocycles. The summed E-state index contributed by atoms with van der Waals surface area (Å²) in [6.07, 6.45) is -6.38. The highest BCUT2D eigenvalue weighted by Gasteiger charge is 2.40. The number of hydrogen-bond donors (Lipinski definition) is 0. The van der Waals surface area contributed by atoms with Crippen LogP contribution in [0.15, 0.2) is 35.4 Å². The van der Waals surface area contributed by atoms with Gasteiger partial charge in [0.05, 0.1) is 29.3 Å². The van der Waals surface area contributed by atoms with E-state index in [1.807, 2.05) is 4.90 Å². The third kappa shape index (κ3) is 6.68. The predicted molar refractivity (Wildman–Crippen MR) is 141 cm³/mol. The van der Waals surface area contributed by atoms with Gasteiger partial charge in [-0.2, -0.15) is 39.5 Å². The Kier molecular flexibility index (Phi) is 8.29. The van der Waals surface area contributed by atoms with Crippen molar-refractivity contribution in [2.24, 2.45) is 11.0 Å². The summed E-state index contributed by atoms with van der Waals surface area (Å²) in [6, 6.07) is 3.56. The lowest BCUT2D eigenvalue weighted by Gasteiger charge is -2.36. The molecule has 1 saturated carbocycles. The third-order valence-electron chi connectivity index (χ3n) is 8.41. The van der Waals surface area contributed by atoms with Crippen LogP contribution in [0.1, 0.15) is 77.9 Å². The van der Waals surface area contributed by atoms with Crippen molar-refractivity contribution in [3.8, 4) is 0 Å². The summed E-state index contributed by atoms with van der Waals surface area (Å²) in [5, 5.41) is 8.25. The Labute approximate surface area is 243 Å². The zero-order chi connectivity index (χ0) is 31.3. The Hall–Kier alpha value is -3.16. The maximum absolute atomic E-state index is 14.0. The van der Waals surface area contributed by atoms with Gasteiger partial charge in [0.1, 0.15) is 0 Å². The second-order valence-corrected chi connectivity index (χ2v) is 11.5. The number of anilines is 1. The highest BCUT2D eigenvalue weighted by Crippen LogP contribution is 2.44. The van der Waals surface area contributed by atoms with E-state index >= 15 is 0 Å². The molecule has 5 nitrogen and oxygen atoms in total. The fourth-order valence-corrected chi connectivity index (χ4v) is 6.29. The summed E-state index contributed by atoms with van der Waals surface area (Å²) >= 11 is 0.